The first-order chi connectivity index (χ1) is 13.6. The maximum atomic E-state index is 12.5. The first kappa shape index (κ1) is 20.8. The number of amides is 2. The van der Waals surface area contributed by atoms with Gasteiger partial charge in [-0.3, -0.25) is 0 Å². The Balaban J connectivity index is 1.82. The molecule has 6 heteroatoms. The van der Waals surface area contributed by atoms with Gasteiger partial charge in [0.2, 0.25) is 0 Å². The molecule has 0 bridgehead atoms. The lowest BCUT2D eigenvalue weighted by molar-refractivity contribution is -0.136. The van der Waals surface area contributed by atoms with Crippen LogP contribution in [0.15, 0.2) is 40.4 Å². The van der Waals surface area contributed by atoms with Gasteiger partial charge >= 0.3 is 12.0 Å². The predicted molar refractivity (Wildman–Crippen MR) is 112 cm³/mol. The number of allylic oxidation sites excluding steroid dienone is 1. The number of thioether (sulfide) groups is 1. The molecule has 1 fully saturated rings. The number of urea groups is 1. The highest BCUT2D eigenvalue weighted by Gasteiger charge is 2.33. The Hall–Kier alpha value is -1.95. The van der Waals surface area contributed by atoms with Crippen molar-refractivity contribution in [1.82, 2.24) is 10.6 Å². The van der Waals surface area contributed by atoms with Gasteiger partial charge in [-0.25, -0.2) is 9.59 Å². The van der Waals surface area contributed by atoms with Crippen LogP contribution in [-0.4, -0.2) is 24.4 Å². The summed E-state index contributed by atoms with van der Waals surface area (Å²) in [4.78, 5) is 25.9. The fraction of sp³-hybridized carbons (Fsp3) is 0.545. The second-order valence-corrected chi connectivity index (χ2v) is 8.84. The van der Waals surface area contributed by atoms with Gasteiger partial charge < -0.3 is 15.4 Å². The summed E-state index contributed by atoms with van der Waals surface area (Å²) in [6, 6.07) is 7.47. The van der Waals surface area contributed by atoms with E-state index in [1.807, 2.05) is 23.9 Å². The van der Waals surface area contributed by atoms with Crippen molar-refractivity contribution < 1.29 is 14.3 Å². The number of hydrogen-bond donors (Lipinski definition) is 2. The van der Waals surface area contributed by atoms with E-state index >= 15 is 0 Å². The standard InChI is InChI=1S/C22H30N2O3S/c1-3-4-10-18-19(21(25)27-2)20(24-22(26)23-18)15-11-13-17(14-12-15)28-16-8-6-5-7-9-16/h11-14,16,20H,3-10H2,1-2H3,(H2,23,24,26). The summed E-state index contributed by atoms with van der Waals surface area (Å²) in [5, 5.41) is 6.39. The van der Waals surface area contributed by atoms with Gasteiger partial charge in [0.1, 0.15) is 0 Å². The Morgan fingerprint density at radius 1 is 1.18 bits per heavy atom. The van der Waals surface area contributed by atoms with Crippen molar-refractivity contribution in [2.45, 2.75) is 74.5 Å². The first-order valence-corrected chi connectivity index (χ1v) is 11.2. The molecular formula is C22H30N2O3S. The molecule has 0 spiro atoms. The van der Waals surface area contributed by atoms with E-state index in [1.54, 1.807) is 0 Å². The minimum Gasteiger partial charge on any atom is -0.466 e. The molecule has 3 rings (SSSR count). The second-order valence-electron chi connectivity index (χ2n) is 7.47. The fourth-order valence-corrected chi connectivity index (χ4v) is 5.13. The van der Waals surface area contributed by atoms with E-state index in [0.717, 1.165) is 18.4 Å². The fourth-order valence-electron chi connectivity index (χ4n) is 3.88. The van der Waals surface area contributed by atoms with Gasteiger partial charge in [0, 0.05) is 15.8 Å². The first-order valence-electron chi connectivity index (χ1n) is 10.3. The topological polar surface area (TPSA) is 67.4 Å². The third-order valence-corrected chi connectivity index (χ3v) is 6.76. The molecule has 28 heavy (non-hydrogen) atoms. The number of ether oxygens (including phenoxy) is 1. The molecule has 2 amide bonds. The number of hydrogen-bond acceptors (Lipinski definition) is 4. The molecule has 1 aromatic carbocycles. The van der Waals surface area contributed by atoms with Crippen LogP contribution in [0.3, 0.4) is 0 Å². The number of unbranched alkanes of at least 4 members (excludes halogenated alkanes) is 1. The summed E-state index contributed by atoms with van der Waals surface area (Å²) in [6.07, 6.45) is 9.11. The van der Waals surface area contributed by atoms with Gasteiger partial charge in [0.05, 0.1) is 18.7 Å². The van der Waals surface area contributed by atoms with Crippen LogP contribution in [0.5, 0.6) is 0 Å². The smallest absolute Gasteiger partial charge is 0.337 e. The summed E-state index contributed by atoms with van der Waals surface area (Å²) >= 11 is 1.94. The molecule has 1 aromatic rings. The van der Waals surface area contributed by atoms with Crippen LogP contribution < -0.4 is 10.6 Å². The third-order valence-electron chi connectivity index (χ3n) is 5.41. The molecule has 1 saturated carbocycles. The van der Waals surface area contributed by atoms with Crippen molar-refractivity contribution in [3.63, 3.8) is 0 Å². The van der Waals surface area contributed by atoms with Crippen LogP contribution >= 0.6 is 11.8 Å². The summed E-state index contributed by atoms with van der Waals surface area (Å²) < 4.78 is 5.02. The maximum Gasteiger partial charge on any atom is 0.337 e. The maximum absolute atomic E-state index is 12.5. The minimum absolute atomic E-state index is 0.274. The Kier molecular flexibility index (Phi) is 7.43. The molecule has 0 saturated heterocycles. The van der Waals surface area contributed by atoms with Crippen molar-refractivity contribution in [2.75, 3.05) is 7.11 Å². The largest absolute Gasteiger partial charge is 0.466 e. The Bertz CT molecular complexity index is 724. The van der Waals surface area contributed by atoms with Crippen molar-refractivity contribution in [3.8, 4) is 0 Å². The number of carbonyl (C=O) groups excluding carboxylic acids is 2. The summed E-state index contributed by atoms with van der Waals surface area (Å²) in [5.41, 5.74) is 2.07. The number of nitrogens with one attached hydrogen (secondary N) is 2. The van der Waals surface area contributed by atoms with Crippen molar-refractivity contribution in [1.29, 1.82) is 0 Å². The minimum atomic E-state index is -0.484. The molecule has 1 unspecified atom stereocenters. The molecule has 1 atom stereocenters. The van der Waals surface area contributed by atoms with Gasteiger partial charge in [-0.05, 0) is 43.4 Å². The van der Waals surface area contributed by atoms with E-state index in [2.05, 4.69) is 29.7 Å². The monoisotopic (exact) mass is 402 g/mol. The molecule has 1 aliphatic carbocycles. The number of carbonyl (C=O) groups is 2. The van der Waals surface area contributed by atoms with E-state index < -0.39 is 12.0 Å². The van der Waals surface area contributed by atoms with E-state index in [4.69, 9.17) is 4.74 Å². The van der Waals surface area contributed by atoms with Crippen molar-refractivity contribution in [3.05, 3.63) is 41.1 Å². The summed E-state index contributed by atoms with van der Waals surface area (Å²) in [5.74, 6) is -0.399. The van der Waals surface area contributed by atoms with E-state index in [9.17, 15) is 9.59 Å². The molecule has 152 valence electrons. The molecule has 2 N–H and O–H groups in total. The van der Waals surface area contributed by atoms with Gasteiger partial charge in [0.15, 0.2) is 0 Å². The van der Waals surface area contributed by atoms with Gasteiger partial charge in [0.25, 0.3) is 0 Å². The molecule has 1 aliphatic heterocycles. The van der Waals surface area contributed by atoms with Gasteiger partial charge in [-0.15, -0.1) is 11.8 Å². The molecule has 1 heterocycles. The number of rotatable bonds is 7. The van der Waals surface area contributed by atoms with Crippen molar-refractivity contribution >= 4 is 23.8 Å². The summed E-state index contributed by atoms with van der Waals surface area (Å²) in [6.45, 7) is 2.08. The molecule has 0 radical (unpaired) electrons. The molecule has 0 aromatic heterocycles. The number of benzene rings is 1. The highest BCUT2D eigenvalue weighted by molar-refractivity contribution is 8.00. The molecule has 5 nitrogen and oxygen atoms in total. The number of esters is 1. The van der Waals surface area contributed by atoms with E-state index in [0.29, 0.717) is 22.9 Å². The average Bonchev–Trinajstić information content (AvgIpc) is 2.72. The lowest BCUT2D eigenvalue weighted by Crippen LogP contribution is -2.45. The Morgan fingerprint density at radius 3 is 2.54 bits per heavy atom. The lowest BCUT2D eigenvalue weighted by Gasteiger charge is -2.29. The van der Waals surface area contributed by atoms with Gasteiger partial charge in [-0.2, -0.15) is 0 Å². The average molecular weight is 403 g/mol. The molecular weight excluding hydrogens is 372 g/mol. The second kappa shape index (κ2) is 10.0. The normalized spacial score (nSPS) is 20.5. The highest BCUT2D eigenvalue weighted by Crippen LogP contribution is 2.35. The quantitative estimate of drug-likeness (QED) is 0.624. The zero-order valence-corrected chi connectivity index (χ0v) is 17.6. The van der Waals surface area contributed by atoms with Crippen LogP contribution in [0.4, 0.5) is 4.79 Å². The zero-order valence-electron chi connectivity index (χ0n) is 16.8. The van der Waals surface area contributed by atoms with Crippen LogP contribution in [0.1, 0.15) is 69.9 Å². The Morgan fingerprint density at radius 2 is 1.89 bits per heavy atom. The Labute approximate surface area is 171 Å². The summed E-state index contributed by atoms with van der Waals surface area (Å²) in [7, 11) is 1.38. The van der Waals surface area contributed by atoms with E-state index in [-0.39, 0.29) is 6.03 Å². The van der Waals surface area contributed by atoms with Crippen molar-refractivity contribution in [2.24, 2.45) is 0 Å². The SMILES string of the molecule is CCCCC1=C(C(=O)OC)C(c2ccc(SC3CCCCC3)cc2)NC(=O)N1. The third kappa shape index (κ3) is 5.10. The van der Waals surface area contributed by atoms with E-state index in [1.165, 1.54) is 44.1 Å². The molecule has 2 aliphatic rings. The zero-order chi connectivity index (χ0) is 19.9. The van der Waals surface area contributed by atoms with Gasteiger partial charge in [-0.1, -0.05) is 44.7 Å². The highest BCUT2D eigenvalue weighted by atomic mass is 32.2. The van der Waals surface area contributed by atoms with Crippen LogP contribution in [-0.2, 0) is 9.53 Å². The lowest BCUT2D eigenvalue weighted by atomic mass is 9.93. The van der Waals surface area contributed by atoms with Crippen LogP contribution in [0.2, 0.25) is 0 Å². The number of methoxy groups -OCH3 is 1. The predicted octanol–water partition coefficient (Wildman–Crippen LogP) is 5.08. The van der Waals surface area contributed by atoms with Crippen LogP contribution in [0, 0.1) is 0 Å². The van der Waals surface area contributed by atoms with Crippen LogP contribution in [0.25, 0.3) is 0 Å².